The fourth-order valence-corrected chi connectivity index (χ4v) is 2.14. The Bertz CT molecular complexity index is 546. The second-order valence-corrected chi connectivity index (χ2v) is 5.62. The van der Waals surface area contributed by atoms with Gasteiger partial charge in [0.05, 0.1) is 0 Å². The molecular weight excluding hydrogens is 260 g/mol. The molecule has 0 aromatic heterocycles. The van der Waals surface area contributed by atoms with Gasteiger partial charge in [0.15, 0.2) is 11.9 Å². The summed E-state index contributed by atoms with van der Waals surface area (Å²) in [4.78, 5) is 12.5. The van der Waals surface area contributed by atoms with Crippen LogP contribution in [0.4, 0.5) is 0 Å². The van der Waals surface area contributed by atoms with Crippen molar-refractivity contribution in [3.05, 3.63) is 66.2 Å². The maximum absolute atomic E-state index is 12.5. The summed E-state index contributed by atoms with van der Waals surface area (Å²) in [5, 5.41) is 0. The number of carbonyl (C=O) groups is 1. The summed E-state index contributed by atoms with van der Waals surface area (Å²) in [6.45, 7) is 4.26. The molecule has 0 saturated carbocycles. The van der Waals surface area contributed by atoms with Crippen molar-refractivity contribution < 1.29 is 9.53 Å². The molecule has 0 aliphatic rings. The van der Waals surface area contributed by atoms with Crippen molar-refractivity contribution in [2.24, 2.45) is 5.92 Å². The number of hydrogen-bond donors (Lipinski definition) is 0. The van der Waals surface area contributed by atoms with E-state index < -0.39 is 6.10 Å². The number of carbonyl (C=O) groups excluding carboxylic acids is 1. The molecule has 0 heterocycles. The number of para-hydroxylation sites is 1. The second kappa shape index (κ2) is 7.63. The molecule has 2 heteroatoms. The maximum Gasteiger partial charge on any atom is 0.182 e. The van der Waals surface area contributed by atoms with Crippen LogP contribution in [0.1, 0.15) is 38.4 Å². The first-order valence-electron chi connectivity index (χ1n) is 7.46. The Morgan fingerprint density at radius 2 is 1.52 bits per heavy atom. The third-order valence-electron chi connectivity index (χ3n) is 3.36. The Morgan fingerprint density at radius 3 is 2.10 bits per heavy atom. The van der Waals surface area contributed by atoms with Crippen LogP contribution in [0.3, 0.4) is 0 Å². The molecule has 0 aliphatic carbocycles. The Balaban J connectivity index is 2.16. The summed E-state index contributed by atoms with van der Waals surface area (Å²) in [5.41, 5.74) is 0.912. The van der Waals surface area contributed by atoms with Gasteiger partial charge in [0, 0.05) is 6.42 Å². The largest absolute Gasteiger partial charge is 0.478 e. The number of hydrogen-bond acceptors (Lipinski definition) is 2. The van der Waals surface area contributed by atoms with Gasteiger partial charge in [0.1, 0.15) is 5.75 Å². The molecule has 0 saturated heterocycles. The average molecular weight is 282 g/mol. The molecule has 2 nitrogen and oxygen atoms in total. The summed E-state index contributed by atoms with van der Waals surface area (Å²) in [5.74, 6) is 1.38. The number of Topliss-reactive ketones (excluding diaryl/α,β-unsaturated/α-hetero) is 1. The van der Waals surface area contributed by atoms with Crippen LogP contribution in [0.15, 0.2) is 60.7 Å². The van der Waals surface area contributed by atoms with Crippen molar-refractivity contribution in [1.82, 2.24) is 0 Å². The zero-order valence-corrected chi connectivity index (χ0v) is 12.7. The molecule has 110 valence electrons. The van der Waals surface area contributed by atoms with E-state index in [1.165, 1.54) is 0 Å². The van der Waals surface area contributed by atoms with Crippen molar-refractivity contribution in [3.63, 3.8) is 0 Å². The normalized spacial score (nSPS) is 12.1. The predicted molar refractivity (Wildman–Crippen MR) is 85.3 cm³/mol. The zero-order valence-electron chi connectivity index (χ0n) is 12.7. The third-order valence-corrected chi connectivity index (χ3v) is 3.36. The molecule has 0 amide bonds. The molecule has 0 bridgehead atoms. The van der Waals surface area contributed by atoms with Gasteiger partial charge in [-0.05, 0) is 30.0 Å². The minimum Gasteiger partial charge on any atom is -0.478 e. The lowest BCUT2D eigenvalue weighted by Gasteiger charge is -2.19. The quantitative estimate of drug-likeness (QED) is 0.728. The molecule has 2 rings (SSSR count). The van der Waals surface area contributed by atoms with E-state index in [0.717, 1.165) is 17.7 Å². The first-order chi connectivity index (χ1) is 10.2. The van der Waals surface area contributed by atoms with Crippen molar-refractivity contribution >= 4 is 5.78 Å². The lowest BCUT2D eigenvalue weighted by molar-refractivity contribution is -0.126. The zero-order chi connectivity index (χ0) is 15.1. The Labute approximate surface area is 126 Å². The minimum absolute atomic E-state index is 0.138. The average Bonchev–Trinajstić information content (AvgIpc) is 2.52. The summed E-state index contributed by atoms with van der Waals surface area (Å²) < 4.78 is 5.95. The van der Waals surface area contributed by atoms with Crippen molar-refractivity contribution in [2.75, 3.05) is 0 Å². The van der Waals surface area contributed by atoms with Crippen LogP contribution in [0.25, 0.3) is 0 Å². The minimum atomic E-state index is -0.521. The van der Waals surface area contributed by atoms with E-state index in [1.54, 1.807) is 0 Å². The monoisotopic (exact) mass is 282 g/mol. The van der Waals surface area contributed by atoms with Gasteiger partial charge in [-0.1, -0.05) is 62.4 Å². The van der Waals surface area contributed by atoms with E-state index in [1.807, 2.05) is 60.7 Å². The van der Waals surface area contributed by atoms with Crippen LogP contribution in [-0.2, 0) is 4.79 Å². The fraction of sp³-hybridized carbons (Fsp3) is 0.316. The van der Waals surface area contributed by atoms with Gasteiger partial charge in [0.25, 0.3) is 0 Å². The summed E-state index contributed by atoms with van der Waals surface area (Å²) in [7, 11) is 0. The van der Waals surface area contributed by atoms with Crippen molar-refractivity contribution in [3.8, 4) is 5.75 Å². The highest BCUT2D eigenvalue weighted by Gasteiger charge is 2.22. The van der Waals surface area contributed by atoms with E-state index in [4.69, 9.17) is 4.74 Å². The van der Waals surface area contributed by atoms with Crippen LogP contribution < -0.4 is 4.74 Å². The van der Waals surface area contributed by atoms with Gasteiger partial charge >= 0.3 is 0 Å². The lowest BCUT2D eigenvalue weighted by atomic mass is 9.98. The molecule has 1 atom stereocenters. The molecule has 0 fully saturated rings. The summed E-state index contributed by atoms with van der Waals surface area (Å²) in [6.07, 6.45) is 0.914. The highest BCUT2D eigenvalue weighted by molar-refractivity contribution is 5.84. The van der Waals surface area contributed by atoms with Crippen LogP contribution in [0.2, 0.25) is 0 Å². The summed E-state index contributed by atoms with van der Waals surface area (Å²) >= 11 is 0. The number of ether oxygens (including phenoxy) is 1. The fourth-order valence-electron chi connectivity index (χ4n) is 2.14. The third kappa shape index (κ3) is 4.75. The van der Waals surface area contributed by atoms with E-state index in [9.17, 15) is 4.79 Å². The van der Waals surface area contributed by atoms with Gasteiger partial charge in [-0.25, -0.2) is 0 Å². The van der Waals surface area contributed by atoms with Crippen LogP contribution in [0.5, 0.6) is 5.75 Å². The van der Waals surface area contributed by atoms with Gasteiger partial charge in [-0.3, -0.25) is 4.79 Å². The van der Waals surface area contributed by atoms with Crippen LogP contribution >= 0.6 is 0 Å². The van der Waals surface area contributed by atoms with Crippen molar-refractivity contribution in [1.29, 1.82) is 0 Å². The molecule has 21 heavy (non-hydrogen) atoms. The number of benzene rings is 2. The van der Waals surface area contributed by atoms with Gasteiger partial charge in [-0.15, -0.1) is 0 Å². The molecule has 2 aromatic carbocycles. The Hall–Kier alpha value is -2.09. The van der Waals surface area contributed by atoms with E-state index in [0.29, 0.717) is 12.3 Å². The van der Waals surface area contributed by atoms with E-state index >= 15 is 0 Å². The Kier molecular flexibility index (Phi) is 5.56. The lowest BCUT2D eigenvalue weighted by Crippen LogP contribution is -2.19. The van der Waals surface area contributed by atoms with E-state index in [-0.39, 0.29) is 5.78 Å². The van der Waals surface area contributed by atoms with Crippen LogP contribution in [-0.4, -0.2) is 5.78 Å². The molecule has 0 radical (unpaired) electrons. The van der Waals surface area contributed by atoms with E-state index in [2.05, 4.69) is 13.8 Å². The van der Waals surface area contributed by atoms with Gasteiger partial charge in [0.2, 0.25) is 0 Å². The van der Waals surface area contributed by atoms with Gasteiger partial charge in [-0.2, -0.15) is 0 Å². The predicted octanol–water partition coefficient (Wildman–Crippen LogP) is 4.81. The number of rotatable bonds is 7. The molecule has 2 aromatic rings. The Morgan fingerprint density at radius 1 is 0.952 bits per heavy atom. The molecule has 0 N–H and O–H groups in total. The van der Waals surface area contributed by atoms with Gasteiger partial charge < -0.3 is 4.74 Å². The SMILES string of the molecule is CC(C)CCC(=O)C(Oc1ccccc1)c1ccccc1. The highest BCUT2D eigenvalue weighted by Crippen LogP contribution is 2.24. The first-order valence-corrected chi connectivity index (χ1v) is 7.46. The molecular formula is C19H22O2. The van der Waals surface area contributed by atoms with Crippen molar-refractivity contribution in [2.45, 2.75) is 32.8 Å². The molecule has 0 spiro atoms. The molecule has 0 aliphatic heterocycles. The second-order valence-electron chi connectivity index (χ2n) is 5.62. The number of ketones is 1. The maximum atomic E-state index is 12.5. The topological polar surface area (TPSA) is 26.3 Å². The standard InChI is InChI=1S/C19H22O2/c1-15(2)13-14-18(20)19(16-9-5-3-6-10-16)21-17-11-7-4-8-12-17/h3-12,15,19H,13-14H2,1-2H3. The van der Waals surface area contributed by atoms with Crippen LogP contribution in [0, 0.1) is 5.92 Å². The smallest absolute Gasteiger partial charge is 0.182 e. The summed E-state index contributed by atoms with van der Waals surface area (Å²) in [6, 6.07) is 19.2. The molecule has 1 unspecified atom stereocenters. The highest BCUT2D eigenvalue weighted by atomic mass is 16.5. The first kappa shape index (κ1) is 15.3.